The van der Waals surface area contributed by atoms with Crippen molar-refractivity contribution in [3.05, 3.63) is 58.0 Å². The van der Waals surface area contributed by atoms with E-state index < -0.39 is 0 Å². The Balaban J connectivity index is 1.26. The first-order chi connectivity index (χ1) is 16.6. The highest BCUT2D eigenvalue weighted by molar-refractivity contribution is 5.91. The number of carbonyl (C=O) groups is 1. The summed E-state index contributed by atoms with van der Waals surface area (Å²) in [7, 11) is 0. The molecular formula is C31H44N2O2. The largest absolute Gasteiger partial charge is 0.456 e. The van der Waals surface area contributed by atoms with Gasteiger partial charge in [-0.2, -0.15) is 0 Å². The maximum Gasteiger partial charge on any atom is 0.289 e. The van der Waals surface area contributed by atoms with E-state index in [0.29, 0.717) is 5.76 Å². The SMILES string of the molecule is Cc1cc2c(cc1Cc1ccc(C(=O)N3CCN(C4CCCCC4)CC3)o1)C(C)(C)CCC2(C)C. The third-order valence-corrected chi connectivity index (χ3v) is 9.24. The quantitative estimate of drug-likeness (QED) is 0.498. The number of aryl methyl sites for hydroxylation is 1. The molecule has 1 amide bonds. The van der Waals surface area contributed by atoms with Gasteiger partial charge in [-0.15, -0.1) is 0 Å². The molecule has 1 aromatic heterocycles. The fourth-order valence-electron chi connectivity index (χ4n) is 6.63. The zero-order chi connectivity index (χ0) is 24.8. The fraction of sp³-hybridized carbons (Fsp3) is 0.645. The zero-order valence-electron chi connectivity index (χ0n) is 22.6. The van der Waals surface area contributed by atoms with E-state index in [-0.39, 0.29) is 16.7 Å². The number of piperazine rings is 1. The number of hydrogen-bond donors (Lipinski definition) is 0. The highest BCUT2D eigenvalue weighted by Gasteiger charge is 2.37. The van der Waals surface area contributed by atoms with Crippen LogP contribution in [0.1, 0.15) is 111 Å². The molecule has 190 valence electrons. The van der Waals surface area contributed by atoms with Crippen molar-refractivity contribution in [3.63, 3.8) is 0 Å². The van der Waals surface area contributed by atoms with E-state index >= 15 is 0 Å². The summed E-state index contributed by atoms with van der Waals surface area (Å²) in [5, 5.41) is 0. The lowest BCUT2D eigenvalue weighted by molar-refractivity contribution is 0.0496. The highest BCUT2D eigenvalue weighted by atomic mass is 16.4. The van der Waals surface area contributed by atoms with E-state index in [1.165, 1.54) is 67.2 Å². The number of rotatable bonds is 4. The Kier molecular flexibility index (Phi) is 6.63. The Bertz CT molecular complexity index is 1070. The summed E-state index contributed by atoms with van der Waals surface area (Å²) in [4.78, 5) is 17.8. The summed E-state index contributed by atoms with van der Waals surface area (Å²) in [6.45, 7) is 15.3. The van der Waals surface area contributed by atoms with Crippen LogP contribution in [-0.4, -0.2) is 47.9 Å². The first kappa shape index (κ1) is 24.6. The number of benzene rings is 1. The number of hydrogen-bond acceptors (Lipinski definition) is 3. The second-order valence-electron chi connectivity index (χ2n) is 12.7. The van der Waals surface area contributed by atoms with Gasteiger partial charge in [-0.25, -0.2) is 0 Å². The van der Waals surface area contributed by atoms with Gasteiger partial charge in [0.25, 0.3) is 5.91 Å². The summed E-state index contributed by atoms with van der Waals surface area (Å²) in [6.07, 6.45) is 9.93. The molecule has 5 rings (SSSR count). The molecule has 3 aliphatic rings. The number of nitrogens with zero attached hydrogens (tertiary/aromatic N) is 2. The van der Waals surface area contributed by atoms with Gasteiger partial charge in [-0.1, -0.05) is 59.1 Å². The van der Waals surface area contributed by atoms with Crippen molar-refractivity contribution in [2.75, 3.05) is 26.2 Å². The molecule has 2 aliphatic carbocycles. The Hall–Kier alpha value is -2.07. The maximum absolute atomic E-state index is 13.2. The van der Waals surface area contributed by atoms with E-state index in [2.05, 4.69) is 51.7 Å². The minimum atomic E-state index is 0.0459. The molecule has 4 heteroatoms. The third kappa shape index (κ3) is 4.96. The maximum atomic E-state index is 13.2. The van der Waals surface area contributed by atoms with Crippen molar-refractivity contribution in [1.29, 1.82) is 0 Å². The number of furan rings is 1. The van der Waals surface area contributed by atoms with E-state index in [1.54, 1.807) is 0 Å². The minimum absolute atomic E-state index is 0.0459. The number of amides is 1. The van der Waals surface area contributed by atoms with Crippen LogP contribution >= 0.6 is 0 Å². The second kappa shape index (κ2) is 9.42. The second-order valence-corrected chi connectivity index (χ2v) is 12.7. The van der Waals surface area contributed by atoms with Crippen molar-refractivity contribution < 1.29 is 9.21 Å². The van der Waals surface area contributed by atoms with E-state index in [9.17, 15) is 4.79 Å². The summed E-state index contributed by atoms with van der Waals surface area (Å²) >= 11 is 0. The molecular weight excluding hydrogens is 432 g/mol. The van der Waals surface area contributed by atoms with Crippen LogP contribution in [0.5, 0.6) is 0 Å². The van der Waals surface area contributed by atoms with Gasteiger partial charge in [0.05, 0.1) is 0 Å². The standard InChI is InChI=1S/C31H44N2O2/c1-22-19-26-27(31(4,5)14-13-30(26,2)3)21-23(22)20-25-11-12-28(35-25)29(34)33-17-15-32(16-18-33)24-9-7-6-8-10-24/h11-12,19,21,24H,6-10,13-18,20H2,1-5H3. The van der Waals surface area contributed by atoms with Crippen molar-refractivity contribution >= 4 is 5.91 Å². The molecule has 2 heterocycles. The Morgan fingerprint density at radius 1 is 0.914 bits per heavy atom. The molecule has 1 aliphatic heterocycles. The molecule has 35 heavy (non-hydrogen) atoms. The molecule has 0 spiro atoms. The molecule has 2 aromatic rings. The average Bonchev–Trinajstić information content (AvgIpc) is 3.32. The molecule has 2 fully saturated rings. The van der Waals surface area contributed by atoms with Gasteiger partial charge in [0, 0.05) is 38.6 Å². The zero-order valence-corrected chi connectivity index (χ0v) is 22.6. The van der Waals surface area contributed by atoms with Gasteiger partial charge < -0.3 is 9.32 Å². The molecule has 0 unspecified atom stereocenters. The predicted molar refractivity (Wildman–Crippen MR) is 142 cm³/mol. The minimum Gasteiger partial charge on any atom is -0.456 e. The van der Waals surface area contributed by atoms with Gasteiger partial charge in [0.15, 0.2) is 5.76 Å². The molecule has 4 nitrogen and oxygen atoms in total. The lowest BCUT2D eigenvalue weighted by atomic mass is 9.62. The van der Waals surface area contributed by atoms with Crippen LogP contribution in [0.2, 0.25) is 0 Å². The van der Waals surface area contributed by atoms with Gasteiger partial charge in [0.1, 0.15) is 5.76 Å². The molecule has 0 bridgehead atoms. The summed E-state index contributed by atoms with van der Waals surface area (Å²) in [5.41, 5.74) is 6.02. The van der Waals surface area contributed by atoms with Crippen molar-refractivity contribution in [1.82, 2.24) is 9.80 Å². The average molecular weight is 477 g/mol. The Labute approximate surface area is 212 Å². The van der Waals surface area contributed by atoms with Gasteiger partial charge in [0.2, 0.25) is 0 Å². The number of carbonyl (C=O) groups excluding carboxylic acids is 1. The van der Waals surface area contributed by atoms with Crippen molar-refractivity contribution in [3.8, 4) is 0 Å². The van der Waals surface area contributed by atoms with Crippen molar-refractivity contribution in [2.24, 2.45) is 0 Å². The lowest BCUT2D eigenvalue weighted by Crippen LogP contribution is -2.52. The smallest absolute Gasteiger partial charge is 0.289 e. The molecule has 0 atom stereocenters. The normalized spacial score (nSPS) is 22.7. The topological polar surface area (TPSA) is 36.7 Å². The van der Waals surface area contributed by atoms with E-state index in [0.717, 1.165) is 44.4 Å². The van der Waals surface area contributed by atoms with Crippen LogP contribution in [0.3, 0.4) is 0 Å². The van der Waals surface area contributed by atoms with Gasteiger partial charge >= 0.3 is 0 Å². The fourth-order valence-corrected chi connectivity index (χ4v) is 6.63. The number of fused-ring (bicyclic) bond motifs is 1. The lowest BCUT2D eigenvalue weighted by Gasteiger charge is -2.42. The molecule has 0 N–H and O–H groups in total. The summed E-state index contributed by atoms with van der Waals surface area (Å²) < 4.78 is 6.13. The predicted octanol–water partition coefficient (Wildman–Crippen LogP) is 6.62. The first-order valence-corrected chi connectivity index (χ1v) is 13.9. The van der Waals surface area contributed by atoms with Gasteiger partial charge in [-0.3, -0.25) is 9.69 Å². The first-order valence-electron chi connectivity index (χ1n) is 13.9. The van der Waals surface area contributed by atoms with Crippen LogP contribution in [0.4, 0.5) is 0 Å². The monoisotopic (exact) mass is 476 g/mol. The van der Waals surface area contributed by atoms with Crippen LogP contribution in [-0.2, 0) is 17.3 Å². The molecule has 1 aromatic carbocycles. The van der Waals surface area contributed by atoms with Crippen LogP contribution in [0, 0.1) is 6.92 Å². The Morgan fingerprint density at radius 2 is 1.54 bits per heavy atom. The molecule has 1 saturated heterocycles. The third-order valence-electron chi connectivity index (χ3n) is 9.24. The van der Waals surface area contributed by atoms with Gasteiger partial charge in [-0.05, 0) is 77.8 Å². The van der Waals surface area contributed by atoms with E-state index in [4.69, 9.17) is 4.42 Å². The summed E-state index contributed by atoms with van der Waals surface area (Å²) in [6, 6.07) is 9.43. The summed E-state index contributed by atoms with van der Waals surface area (Å²) in [5.74, 6) is 1.41. The van der Waals surface area contributed by atoms with Crippen LogP contribution in [0.15, 0.2) is 28.7 Å². The highest BCUT2D eigenvalue weighted by Crippen LogP contribution is 2.46. The van der Waals surface area contributed by atoms with Crippen LogP contribution in [0.25, 0.3) is 0 Å². The molecule has 0 radical (unpaired) electrons. The Morgan fingerprint density at radius 3 is 2.20 bits per heavy atom. The van der Waals surface area contributed by atoms with E-state index in [1.807, 2.05) is 17.0 Å². The van der Waals surface area contributed by atoms with Crippen LogP contribution < -0.4 is 0 Å². The molecule has 1 saturated carbocycles. The van der Waals surface area contributed by atoms with Crippen molar-refractivity contribution in [2.45, 2.75) is 103 Å².